The molecule has 5 aromatic rings. The number of hydrogen-bond donors (Lipinski definition) is 1. The van der Waals surface area contributed by atoms with E-state index in [0.29, 0.717) is 22.5 Å². The average Bonchev–Trinajstić information content (AvgIpc) is 3.45. The van der Waals surface area contributed by atoms with Gasteiger partial charge >= 0.3 is 0 Å². The van der Waals surface area contributed by atoms with Crippen molar-refractivity contribution in [3.05, 3.63) is 71.4 Å². The normalized spacial score (nSPS) is 15.3. The van der Waals surface area contributed by atoms with Gasteiger partial charge in [0.15, 0.2) is 10.8 Å². The van der Waals surface area contributed by atoms with Gasteiger partial charge in [-0.2, -0.15) is 0 Å². The number of carbonyl (C=O) groups excluding carboxylic acids is 1. The Hall–Kier alpha value is -3.43. The van der Waals surface area contributed by atoms with Gasteiger partial charge in [0.05, 0.1) is 11.1 Å². The predicted octanol–water partition coefficient (Wildman–Crippen LogP) is 5.99. The summed E-state index contributed by atoms with van der Waals surface area (Å²) >= 11 is 3.13. The van der Waals surface area contributed by atoms with E-state index in [2.05, 4.69) is 27.4 Å². The molecule has 1 amide bonds. The highest BCUT2D eigenvalue weighted by Gasteiger charge is 2.24. The molecule has 0 saturated carbocycles. The zero-order valence-corrected chi connectivity index (χ0v) is 20.7. The molecule has 3 heterocycles. The van der Waals surface area contributed by atoms with E-state index in [1.54, 1.807) is 17.7 Å². The molecular formula is C26H23N5O2S2. The maximum Gasteiger partial charge on any atom is 0.234 e. The number of rotatable bonds is 6. The Morgan fingerprint density at radius 3 is 2.77 bits per heavy atom. The molecule has 6 rings (SSSR count). The number of ether oxygens (including phenoxy) is 1. The van der Waals surface area contributed by atoms with Gasteiger partial charge in [-0.05, 0) is 67.1 Å². The Balaban J connectivity index is 1.12. The minimum atomic E-state index is -0.112. The van der Waals surface area contributed by atoms with Gasteiger partial charge in [0.2, 0.25) is 5.91 Å². The molecule has 7 nitrogen and oxygen atoms in total. The van der Waals surface area contributed by atoms with Gasteiger partial charge < -0.3 is 10.1 Å². The summed E-state index contributed by atoms with van der Waals surface area (Å²) in [5.41, 5.74) is 2.92. The fourth-order valence-electron chi connectivity index (χ4n) is 4.38. The maximum absolute atomic E-state index is 12.6. The minimum absolute atomic E-state index is 0.112. The largest absolute Gasteiger partial charge is 0.457 e. The van der Waals surface area contributed by atoms with Crippen LogP contribution in [0.1, 0.15) is 23.8 Å². The Kier molecular flexibility index (Phi) is 5.87. The molecule has 1 aliphatic carbocycles. The first-order valence-corrected chi connectivity index (χ1v) is 13.3. The van der Waals surface area contributed by atoms with Crippen LogP contribution in [0.5, 0.6) is 11.5 Å². The number of hydrogen-bond acceptors (Lipinski definition) is 7. The highest BCUT2D eigenvalue weighted by Crippen LogP contribution is 2.39. The van der Waals surface area contributed by atoms with Gasteiger partial charge in [0, 0.05) is 10.6 Å². The van der Waals surface area contributed by atoms with Crippen LogP contribution >= 0.6 is 23.1 Å². The van der Waals surface area contributed by atoms with Crippen molar-refractivity contribution in [1.29, 1.82) is 0 Å². The van der Waals surface area contributed by atoms with Gasteiger partial charge in [-0.25, -0.2) is 4.98 Å². The number of nitrogens with zero attached hydrogens (tertiary/aromatic N) is 4. The molecule has 176 valence electrons. The minimum Gasteiger partial charge on any atom is -0.457 e. The number of thiophene rings is 1. The molecule has 0 aliphatic heterocycles. The molecule has 1 N–H and O–H groups in total. The van der Waals surface area contributed by atoms with E-state index < -0.39 is 0 Å². The van der Waals surface area contributed by atoms with E-state index in [-0.39, 0.29) is 11.7 Å². The lowest BCUT2D eigenvalue weighted by Crippen LogP contribution is -2.14. The molecule has 1 aliphatic rings. The number of benzene rings is 2. The highest BCUT2D eigenvalue weighted by atomic mass is 32.2. The second kappa shape index (κ2) is 9.31. The standard InChI is InChI=1S/C26H23N5O2S2/c1-16-7-12-20-21(13-16)35-25-23(20)24-29-30-26(31(24)15-27-25)34-14-22(32)28-17-8-10-19(11-9-17)33-18-5-3-2-4-6-18/h2-6,8-11,15-16H,7,12-14H2,1H3,(H,28,32)/t16-/m0/s1. The molecule has 0 radical (unpaired) electrons. The van der Waals surface area contributed by atoms with Gasteiger partial charge in [-0.3, -0.25) is 9.20 Å². The van der Waals surface area contributed by atoms with Crippen LogP contribution in [0.3, 0.4) is 0 Å². The second-order valence-electron chi connectivity index (χ2n) is 8.73. The number of amides is 1. The Morgan fingerprint density at radius 1 is 1.14 bits per heavy atom. The Labute approximate surface area is 210 Å². The summed E-state index contributed by atoms with van der Waals surface area (Å²) in [6.45, 7) is 2.31. The Bertz CT molecular complexity index is 1510. The molecule has 9 heteroatoms. The van der Waals surface area contributed by atoms with Crippen molar-refractivity contribution in [2.24, 2.45) is 5.92 Å². The van der Waals surface area contributed by atoms with Crippen molar-refractivity contribution < 1.29 is 9.53 Å². The molecular weight excluding hydrogens is 478 g/mol. The second-order valence-corrected chi connectivity index (χ2v) is 10.8. The first-order chi connectivity index (χ1) is 17.1. The summed E-state index contributed by atoms with van der Waals surface area (Å²) in [6, 6.07) is 16.9. The smallest absolute Gasteiger partial charge is 0.234 e. The SMILES string of the molecule is C[C@H]1CCc2c(sc3ncn4c(SCC(=O)Nc5ccc(Oc6ccccc6)cc5)nnc4c23)C1. The fourth-order valence-corrected chi connectivity index (χ4v) is 6.42. The van der Waals surface area contributed by atoms with Crippen LogP contribution in [0, 0.1) is 5.92 Å². The fraction of sp³-hybridized carbons (Fsp3) is 0.231. The number of thioether (sulfide) groups is 1. The van der Waals surface area contributed by atoms with Gasteiger partial charge in [0.25, 0.3) is 0 Å². The highest BCUT2D eigenvalue weighted by molar-refractivity contribution is 7.99. The van der Waals surface area contributed by atoms with Crippen LogP contribution in [0.2, 0.25) is 0 Å². The molecule has 0 bridgehead atoms. The molecule has 2 aromatic carbocycles. The van der Waals surface area contributed by atoms with Crippen molar-refractivity contribution >= 4 is 50.6 Å². The number of fused-ring (bicyclic) bond motifs is 5. The van der Waals surface area contributed by atoms with E-state index in [1.165, 1.54) is 28.6 Å². The third-order valence-electron chi connectivity index (χ3n) is 6.12. The zero-order chi connectivity index (χ0) is 23.8. The quantitative estimate of drug-likeness (QED) is 0.288. The van der Waals surface area contributed by atoms with E-state index in [1.807, 2.05) is 59.0 Å². The first-order valence-electron chi connectivity index (χ1n) is 11.5. The third kappa shape index (κ3) is 4.49. The molecule has 35 heavy (non-hydrogen) atoms. The summed E-state index contributed by atoms with van der Waals surface area (Å²) < 4.78 is 7.70. The number of carbonyl (C=O) groups is 1. The summed E-state index contributed by atoms with van der Waals surface area (Å²) in [5.74, 6) is 2.30. The summed E-state index contributed by atoms with van der Waals surface area (Å²) in [7, 11) is 0. The van der Waals surface area contributed by atoms with Crippen molar-refractivity contribution in [1.82, 2.24) is 19.6 Å². The number of aryl methyl sites for hydroxylation is 1. The molecule has 1 atom stereocenters. The van der Waals surface area contributed by atoms with E-state index in [4.69, 9.17) is 4.74 Å². The van der Waals surface area contributed by atoms with Crippen molar-refractivity contribution in [2.75, 3.05) is 11.1 Å². The summed E-state index contributed by atoms with van der Waals surface area (Å²) in [6.07, 6.45) is 5.13. The van der Waals surface area contributed by atoms with E-state index in [0.717, 1.165) is 34.5 Å². The van der Waals surface area contributed by atoms with Gasteiger partial charge in [-0.15, -0.1) is 21.5 Å². The lowest BCUT2D eigenvalue weighted by atomic mass is 9.89. The predicted molar refractivity (Wildman–Crippen MR) is 140 cm³/mol. The number of aromatic nitrogens is 4. The Morgan fingerprint density at radius 2 is 1.94 bits per heavy atom. The van der Waals surface area contributed by atoms with E-state index in [9.17, 15) is 4.79 Å². The molecule has 3 aromatic heterocycles. The molecule has 0 unspecified atom stereocenters. The van der Waals surface area contributed by atoms with Crippen LogP contribution in [0.4, 0.5) is 5.69 Å². The maximum atomic E-state index is 12.6. The topological polar surface area (TPSA) is 81.4 Å². The van der Waals surface area contributed by atoms with Crippen molar-refractivity contribution in [3.8, 4) is 11.5 Å². The van der Waals surface area contributed by atoms with Crippen molar-refractivity contribution in [3.63, 3.8) is 0 Å². The van der Waals surface area contributed by atoms with Gasteiger partial charge in [-0.1, -0.05) is 36.9 Å². The van der Waals surface area contributed by atoms with Crippen molar-refractivity contribution in [2.45, 2.75) is 31.3 Å². The first kappa shape index (κ1) is 22.1. The van der Waals surface area contributed by atoms with Crippen LogP contribution in [0.25, 0.3) is 15.9 Å². The van der Waals surface area contributed by atoms with Crippen LogP contribution < -0.4 is 10.1 Å². The number of anilines is 1. The summed E-state index contributed by atoms with van der Waals surface area (Å²) in [5, 5.41) is 13.5. The van der Waals surface area contributed by atoms with Gasteiger partial charge in [0.1, 0.15) is 22.7 Å². The van der Waals surface area contributed by atoms with Crippen LogP contribution in [-0.2, 0) is 17.6 Å². The molecule has 0 saturated heterocycles. The third-order valence-corrected chi connectivity index (χ3v) is 8.23. The number of para-hydroxylation sites is 1. The summed E-state index contributed by atoms with van der Waals surface area (Å²) in [4.78, 5) is 19.7. The monoisotopic (exact) mass is 501 g/mol. The van der Waals surface area contributed by atoms with Crippen LogP contribution in [-0.4, -0.2) is 31.2 Å². The number of nitrogens with one attached hydrogen (secondary N) is 1. The average molecular weight is 502 g/mol. The lowest BCUT2D eigenvalue weighted by molar-refractivity contribution is -0.113. The molecule has 0 spiro atoms. The van der Waals surface area contributed by atoms with Crippen LogP contribution in [0.15, 0.2) is 66.1 Å². The zero-order valence-electron chi connectivity index (χ0n) is 19.1. The molecule has 0 fully saturated rings. The lowest BCUT2D eigenvalue weighted by Gasteiger charge is -2.17. The van der Waals surface area contributed by atoms with E-state index >= 15 is 0 Å².